The van der Waals surface area contributed by atoms with Crippen LogP contribution in [0.15, 0.2) is 46.9 Å². The van der Waals surface area contributed by atoms with E-state index in [0.29, 0.717) is 38.1 Å². The number of benzene rings is 2. The Kier molecular flexibility index (Phi) is 5.44. The Labute approximate surface area is 176 Å². The van der Waals surface area contributed by atoms with Crippen LogP contribution in [0.1, 0.15) is 18.7 Å². The molecule has 6 nitrogen and oxygen atoms in total. The van der Waals surface area contributed by atoms with Crippen LogP contribution in [0.25, 0.3) is 11.5 Å². The number of hydrogen-bond donors (Lipinski definition) is 1. The summed E-state index contributed by atoms with van der Waals surface area (Å²) in [6, 6.07) is 12.0. The number of amides is 2. The first-order valence-electron chi connectivity index (χ1n) is 8.61. The minimum Gasteiger partial charge on any atom is -0.419 e. The predicted octanol–water partition coefficient (Wildman–Crippen LogP) is 5.89. The van der Waals surface area contributed by atoms with Gasteiger partial charge in [-0.3, -0.25) is 0 Å². The molecule has 0 aliphatic heterocycles. The molecule has 1 aliphatic rings. The largest absolute Gasteiger partial charge is 0.419 e. The summed E-state index contributed by atoms with van der Waals surface area (Å²) in [7, 11) is 0. The Morgan fingerprint density at radius 1 is 1.07 bits per heavy atom. The maximum Gasteiger partial charge on any atom is 0.322 e. The Hall–Kier alpha value is -2.28. The summed E-state index contributed by atoms with van der Waals surface area (Å²) < 4.78 is 5.73. The van der Waals surface area contributed by atoms with E-state index in [2.05, 4.69) is 15.5 Å². The zero-order valence-corrected chi connectivity index (χ0v) is 16.8. The lowest BCUT2D eigenvalue weighted by Crippen LogP contribution is -2.36. The molecular formula is C19H15Cl3N4O2. The molecule has 1 aliphatic carbocycles. The molecule has 0 radical (unpaired) electrons. The molecule has 0 bridgehead atoms. The van der Waals surface area contributed by atoms with Gasteiger partial charge in [0.25, 0.3) is 0 Å². The Balaban J connectivity index is 1.49. The van der Waals surface area contributed by atoms with E-state index in [0.717, 1.165) is 12.8 Å². The summed E-state index contributed by atoms with van der Waals surface area (Å²) in [5.41, 5.74) is 1.22. The summed E-state index contributed by atoms with van der Waals surface area (Å²) in [5.74, 6) is 0.660. The van der Waals surface area contributed by atoms with Gasteiger partial charge in [0.15, 0.2) is 0 Å². The molecule has 2 aromatic carbocycles. The molecule has 0 unspecified atom stereocenters. The minimum atomic E-state index is -0.265. The number of urea groups is 1. The van der Waals surface area contributed by atoms with Crippen molar-refractivity contribution in [2.24, 2.45) is 0 Å². The predicted molar refractivity (Wildman–Crippen MR) is 109 cm³/mol. The molecule has 0 atom stereocenters. The first-order chi connectivity index (χ1) is 13.5. The average Bonchev–Trinajstić information content (AvgIpc) is 3.41. The van der Waals surface area contributed by atoms with E-state index in [1.165, 1.54) is 0 Å². The van der Waals surface area contributed by atoms with Gasteiger partial charge in [-0.1, -0.05) is 46.9 Å². The molecule has 1 fully saturated rings. The number of anilines is 1. The minimum absolute atomic E-state index is 0.137. The van der Waals surface area contributed by atoms with Gasteiger partial charge in [0.2, 0.25) is 11.8 Å². The van der Waals surface area contributed by atoms with Gasteiger partial charge in [0, 0.05) is 11.7 Å². The first kappa shape index (κ1) is 19.1. The van der Waals surface area contributed by atoms with Gasteiger partial charge in [-0.15, -0.1) is 10.2 Å². The quantitative estimate of drug-likeness (QED) is 0.540. The van der Waals surface area contributed by atoms with E-state index in [9.17, 15) is 4.79 Å². The molecule has 28 heavy (non-hydrogen) atoms. The number of carbonyl (C=O) groups excluding carboxylic acids is 1. The lowest BCUT2D eigenvalue weighted by molar-refractivity contribution is 0.199. The number of aromatic nitrogens is 2. The fourth-order valence-corrected chi connectivity index (χ4v) is 3.24. The first-order valence-corrected chi connectivity index (χ1v) is 9.74. The van der Waals surface area contributed by atoms with Gasteiger partial charge < -0.3 is 14.6 Å². The standard InChI is InChI=1S/C19H15Cl3N4O2/c20-14-4-2-1-3-13(14)18-25-24-17(28-18)10-26(12-6-7-12)19(27)23-11-5-8-15(21)16(22)9-11/h1-5,8-9,12H,6-7,10H2,(H,23,27). The van der Waals surface area contributed by atoms with Crippen LogP contribution in [-0.4, -0.2) is 27.2 Å². The highest BCUT2D eigenvalue weighted by Crippen LogP contribution is 2.31. The van der Waals surface area contributed by atoms with Crippen molar-refractivity contribution < 1.29 is 9.21 Å². The summed E-state index contributed by atoms with van der Waals surface area (Å²) in [5, 5.41) is 12.3. The topological polar surface area (TPSA) is 71.3 Å². The van der Waals surface area contributed by atoms with Crippen LogP contribution in [0.5, 0.6) is 0 Å². The molecule has 0 saturated heterocycles. The second-order valence-corrected chi connectivity index (χ2v) is 7.62. The van der Waals surface area contributed by atoms with Crippen LogP contribution >= 0.6 is 34.8 Å². The second-order valence-electron chi connectivity index (χ2n) is 6.40. The molecule has 4 rings (SSSR count). The summed E-state index contributed by atoms with van der Waals surface area (Å²) in [6.45, 7) is 0.204. The van der Waals surface area contributed by atoms with Crippen molar-refractivity contribution in [2.75, 3.05) is 5.32 Å². The van der Waals surface area contributed by atoms with Gasteiger partial charge in [-0.25, -0.2) is 4.79 Å². The van der Waals surface area contributed by atoms with Gasteiger partial charge in [0.1, 0.15) is 6.54 Å². The molecule has 0 spiro atoms. The average molecular weight is 438 g/mol. The van der Waals surface area contributed by atoms with Crippen LogP contribution in [0.3, 0.4) is 0 Å². The lowest BCUT2D eigenvalue weighted by Gasteiger charge is -2.21. The number of hydrogen-bond acceptors (Lipinski definition) is 4. The highest BCUT2D eigenvalue weighted by atomic mass is 35.5. The molecule has 2 amide bonds. The molecule has 144 valence electrons. The molecule has 1 aromatic heterocycles. The van der Waals surface area contributed by atoms with E-state index in [1.54, 1.807) is 35.2 Å². The van der Waals surface area contributed by atoms with Crippen LogP contribution in [0.2, 0.25) is 15.1 Å². The Morgan fingerprint density at radius 2 is 1.86 bits per heavy atom. The van der Waals surface area contributed by atoms with Crippen LogP contribution in [0.4, 0.5) is 10.5 Å². The van der Waals surface area contributed by atoms with E-state index in [4.69, 9.17) is 39.2 Å². The fraction of sp³-hybridized carbons (Fsp3) is 0.211. The third-order valence-corrected chi connectivity index (χ3v) is 5.36. The van der Waals surface area contributed by atoms with Crippen LogP contribution in [0, 0.1) is 0 Å². The molecular weight excluding hydrogens is 423 g/mol. The van der Waals surface area contributed by atoms with Crippen molar-refractivity contribution >= 4 is 46.5 Å². The molecule has 1 saturated carbocycles. The van der Waals surface area contributed by atoms with E-state index < -0.39 is 0 Å². The van der Waals surface area contributed by atoms with Crippen molar-refractivity contribution in [3.8, 4) is 11.5 Å². The van der Waals surface area contributed by atoms with Crippen molar-refractivity contribution in [1.82, 2.24) is 15.1 Å². The highest BCUT2D eigenvalue weighted by Gasteiger charge is 2.34. The van der Waals surface area contributed by atoms with Crippen molar-refractivity contribution in [1.29, 1.82) is 0 Å². The monoisotopic (exact) mass is 436 g/mol. The molecule has 9 heteroatoms. The third kappa shape index (κ3) is 4.24. The van der Waals surface area contributed by atoms with Crippen molar-refractivity contribution in [3.05, 3.63) is 63.4 Å². The maximum atomic E-state index is 12.8. The smallest absolute Gasteiger partial charge is 0.322 e. The van der Waals surface area contributed by atoms with Crippen molar-refractivity contribution in [2.45, 2.75) is 25.4 Å². The van der Waals surface area contributed by atoms with Gasteiger partial charge in [-0.05, 0) is 43.2 Å². The molecule has 1 N–H and O–H groups in total. The lowest BCUT2D eigenvalue weighted by atomic mass is 10.2. The van der Waals surface area contributed by atoms with E-state index in [1.807, 2.05) is 12.1 Å². The van der Waals surface area contributed by atoms with E-state index in [-0.39, 0.29) is 18.6 Å². The Bertz CT molecular complexity index is 1020. The molecule has 1 heterocycles. The molecule has 3 aromatic rings. The number of carbonyl (C=O) groups is 1. The van der Waals surface area contributed by atoms with Gasteiger partial charge >= 0.3 is 6.03 Å². The van der Waals surface area contributed by atoms with Crippen LogP contribution < -0.4 is 5.32 Å². The number of nitrogens with zero attached hydrogens (tertiary/aromatic N) is 3. The second kappa shape index (κ2) is 7.99. The maximum absolute atomic E-state index is 12.8. The number of nitrogens with one attached hydrogen (secondary N) is 1. The van der Waals surface area contributed by atoms with Crippen LogP contribution in [-0.2, 0) is 6.54 Å². The SMILES string of the molecule is O=C(Nc1ccc(Cl)c(Cl)c1)N(Cc1nnc(-c2ccccc2Cl)o1)C1CC1. The fourth-order valence-electron chi connectivity index (χ4n) is 2.73. The van der Waals surface area contributed by atoms with Gasteiger partial charge in [0.05, 0.1) is 20.6 Å². The summed E-state index contributed by atoms with van der Waals surface area (Å²) in [6.07, 6.45) is 1.86. The zero-order valence-electron chi connectivity index (χ0n) is 14.5. The number of halogens is 3. The number of rotatable bonds is 5. The van der Waals surface area contributed by atoms with E-state index >= 15 is 0 Å². The highest BCUT2D eigenvalue weighted by molar-refractivity contribution is 6.42. The Morgan fingerprint density at radius 3 is 2.57 bits per heavy atom. The summed E-state index contributed by atoms with van der Waals surface area (Å²) in [4.78, 5) is 14.4. The van der Waals surface area contributed by atoms with Crippen molar-refractivity contribution in [3.63, 3.8) is 0 Å². The normalized spacial score (nSPS) is 13.4. The summed E-state index contributed by atoms with van der Waals surface area (Å²) >= 11 is 18.1. The van der Waals surface area contributed by atoms with Gasteiger partial charge in [-0.2, -0.15) is 0 Å². The zero-order chi connectivity index (χ0) is 19.7. The third-order valence-electron chi connectivity index (χ3n) is 4.30.